The molecule has 0 atom stereocenters. The highest BCUT2D eigenvalue weighted by Gasteiger charge is 2.14. The topological polar surface area (TPSA) is 102 Å². The van der Waals surface area contributed by atoms with E-state index < -0.39 is 10.0 Å². The Balaban J connectivity index is 1.71. The van der Waals surface area contributed by atoms with E-state index >= 15 is 0 Å². The molecule has 0 bridgehead atoms. The van der Waals surface area contributed by atoms with E-state index in [1.807, 2.05) is 19.9 Å². The zero-order valence-corrected chi connectivity index (χ0v) is 17.4. The molecule has 2 aromatic carbocycles. The van der Waals surface area contributed by atoms with Gasteiger partial charge in [-0.25, -0.2) is 17.9 Å². The molecule has 152 valence electrons. The van der Waals surface area contributed by atoms with Crippen LogP contribution < -0.4 is 15.8 Å². The minimum atomic E-state index is -3.74. The molecule has 0 aliphatic heterocycles. The molecular weight excluding hydrogens is 413 g/mol. The van der Waals surface area contributed by atoms with Gasteiger partial charge in [-0.1, -0.05) is 12.1 Å². The lowest BCUT2D eigenvalue weighted by Crippen LogP contribution is -2.20. The minimum Gasteiger partial charge on any atom is -0.332 e. The van der Waals surface area contributed by atoms with Crippen molar-refractivity contribution in [3.05, 3.63) is 71.3 Å². The van der Waals surface area contributed by atoms with Crippen LogP contribution in [0.1, 0.15) is 17.0 Å². The number of aryl methyl sites for hydroxylation is 1. The van der Waals surface area contributed by atoms with Crippen molar-refractivity contribution >= 4 is 38.7 Å². The van der Waals surface area contributed by atoms with Crippen LogP contribution in [0.3, 0.4) is 0 Å². The largest absolute Gasteiger partial charge is 0.332 e. The van der Waals surface area contributed by atoms with Crippen molar-refractivity contribution in [1.82, 2.24) is 9.78 Å². The fourth-order valence-corrected chi connectivity index (χ4v) is 3.58. The van der Waals surface area contributed by atoms with Gasteiger partial charge in [0.2, 0.25) is 10.0 Å². The highest BCUT2D eigenvalue weighted by Crippen LogP contribution is 2.21. The number of nitrogens with zero attached hydrogens (tertiary/aromatic N) is 2. The Bertz CT molecular complexity index is 1160. The molecule has 7 nitrogen and oxygen atoms in total. The van der Waals surface area contributed by atoms with Crippen LogP contribution in [0.5, 0.6) is 0 Å². The van der Waals surface area contributed by atoms with Crippen LogP contribution >= 0.6 is 12.2 Å². The number of aromatic nitrogens is 2. The zero-order valence-electron chi connectivity index (χ0n) is 15.8. The average Bonchev–Trinajstić information content (AvgIpc) is 2.89. The SMILES string of the molecule is Cc1nn(Cc2cccc(F)c2)c(C)c1NC(=S)Nc1ccc(S(N)(=O)=O)cc1. The Labute approximate surface area is 173 Å². The van der Waals surface area contributed by atoms with Gasteiger partial charge >= 0.3 is 0 Å². The quantitative estimate of drug-likeness (QED) is 0.534. The highest BCUT2D eigenvalue weighted by molar-refractivity contribution is 7.89. The predicted molar refractivity (Wildman–Crippen MR) is 115 cm³/mol. The maximum Gasteiger partial charge on any atom is 0.238 e. The number of nitrogens with two attached hydrogens (primary N) is 1. The monoisotopic (exact) mass is 433 g/mol. The van der Waals surface area contributed by atoms with Crippen LogP contribution in [0.15, 0.2) is 53.4 Å². The Hall–Kier alpha value is -2.82. The molecule has 3 aromatic rings. The van der Waals surface area contributed by atoms with E-state index in [-0.39, 0.29) is 10.7 Å². The van der Waals surface area contributed by atoms with Crippen LogP contribution in [0.2, 0.25) is 0 Å². The van der Waals surface area contributed by atoms with E-state index in [0.717, 1.165) is 22.6 Å². The summed E-state index contributed by atoms with van der Waals surface area (Å²) in [5.41, 5.74) is 3.75. The van der Waals surface area contributed by atoms with E-state index in [1.165, 1.54) is 24.3 Å². The molecule has 1 heterocycles. The van der Waals surface area contributed by atoms with Crippen LogP contribution in [0.4, 0.5) is 15.8 Å². The van der Waals surface area contributed by atoms with Gasteiger partial charge in [0.15, 0.2) is 5.11 Å². The molecule has 4 N–H and O–H groups in total. The summed E-state index contributed by atoms with van der Waals surface area (Å²) in [7, 11) is -3.74. The van der Waals surface area contributed by atoms with Crippen molar-refractivity contribution < 1.29 is 12.8 Å². The van der Waals surface area contributed by atoms with Gasteiger partial charge in [-0.3, -0.25) is 4.68 Å². The first-order valence-electron chi connectivity index (χ1n) is 8.63. The van der Waals surface area contributed by atoms with E-state index in [2.05, 4.69) is 15.7 Å². The van der Waals surface area contributed by atoms with Gasteiger partial charge in [0.1, 0.15) is 5.82 Å². The van der Waals surface area contributed by atoms with Gasteiger partial charge in [0, 0.05) is 5.69 Å². The third kappa shape index (κ3) is 5.17. The van der Waals surface area contributed by atoms with Crippen LogP contribution in [-0.2, 0) is 16.6 Å². The molecule has 0 radical (unpaired) electrons. The summed E-state index contributed by atoms with van der Waals surface area (Å²) in [6, 6.07) is 12.3. The van der Waals surface area contributed by atoms with E-state index in [4.69, 9.17) is 17.4 Å². The van der Waals surface area contributed by atoms with Gasteiger partial charge in [-0.2, -0.15) is 5.10 Å². The van der Waals surface area contributed by atoms with E-state index in [1.54, 1.807) is 22.9 Å². The van der Waals surface area contributed by atoms with Crippen molar-refractivity contribution in [3.63, 3.8) is 0 Å². The predicted octanol–water partition coefficient (Wildman–Crippen LogP) is 3.14. The van der Waals surface area contributed by atoms with Crippen molar-refractivity contribution in [2.75, 3.05) is 10.6 Å². The number of rotatable bonds is 5. The summed E-state index contributed by atoms with van der Waals surface area (Å²) in [4.78, 5) is 0.0206. The molecule has 1 aromatic heterocycles. The lowest BCUT2D eigenvalue weighted by molar-refractivity contribution is 0.598. The summed E-state index contributed by atoms with van der Waals surface area (Å²) in [6.07, 6.45) is 0. The number of sulfonamides is 1. The molecule has 0 spiro atoms. The first kappa shape index (κ1) is 20.9. The third-order valence-electron chi connectivity index (χ3n) is 4.28. The Morgan fingerprint density at radius 3 is 2.48 bits per heavy atom. The molecular formula is C19H20FN5O2S2. The fraction of sp³-hybridized carbons (Fsp3) is 0.158. The van der Waals surface area contributed by atoms with Crippen molar-refractivity contribution in [2.45, 2.75) is 25.3 Å². The second-order valence-corrected chi connectivity index (χ2v) is 8.45. The number of anilines is 2. The van der Waals surface area contributed by atoms with E-state index in [0.29, 0.717) is 17.3 Å². The first-order chi connectivity index (χ1) is 13.6. The van der Waals surface area contributed by atoms with Crippen LogP contribution in [-0.4, -0.2) is 23.3 Å². The van der Waals surface area contributed by atoms with Crippen molar-refractivity contribution in [2.24, 2.45) is 5.14 Å². The van der Waals surface area contributed by atoms with Gasteiger partial charge < -0.3 is 10.6 Å². The second-order valence-electron chi connectivity index (χ2n) is 6.48. The number of hydrogen-bond donors (Lipinski definition) is 3. The molecule has 3 rings (SSSR count). The Morgan fingerprint density at radius 2 is 1.86 bits per heavy atom. The van der Waals surface area contributed by atoms with Crippen LogP contribution in [0, 0.1) is 19.7 Å². The molecule has 10 heteroatoms. The number of halogens is 1. The smallest absolute Gasteiger partial charge is 0.238 e. The summed E-state index contributed by atoms with van der Waals surface area (Å²) >= 11 is 5.35. The normalized spacial score (nSPS) is 11.3. The van der Waals surface area contributed by atoms with Crippen molar-refractivity contribution in [1.29, 1.82) is 0 Å². The van der Waals surface area contributed by atoms with Gasteiger partial charge in [-0.05, 0) is 68.0 Å². The minimum absolute atomic E-state index is 0.0206. The lowest BCUT2D eigenvalue weighted by Gasteiger charge is -2.12. The average molecular weight is 434 g/mol. The second kappa shape index (κ2) is 8.27. The molecule has 0 aliphatic rings. The fourth-order valence-electron chi connectivity index (χ4n) is 2.84. The van der Waals surface area contributed by atoms with Crippen LogP contribution in [0.25, 0.3) is 0 Å². The molecule has 0 amide bonds. The Kier molecular flexibility index (Phi) is 5.96. The number of benzene rings is 2. The molecule has 0 saturated heterocycles. The maximum absolute atomic E-state index is 13.4. The summed E-state index contributed by atoms with van der Waals surface area (Å²) in [6.45, 7) is 4.17. The Morgan fingerprint density at radius 1 is 1.17 bits per heavy atom. The van der Waals surface area contributed by atoms with Crippen molar-refractivity contribution in [3.8, 4) is 0 Å². The molecule has 0 aliphatic carbocycles. The zero-order chi connectivity index (χ0) is 21.2. The highest BCUT2D eigenvalue weighted by atomic mass is 32.2. The number of hydrogen-bond acceptors (Lipinski definition) is 4. The number of nitrogens with one attached hydrogen (secondary N) is 2. The summed E-state index contributed by atoms with van der Waals surface area (Å²) in [5.74, 6) is -0.291. The third-order valence-corrected chi connectivity index (χ3v) is 5.42. The molecule has 0 fully saturated rings. The lowest BCUT2D eigenvalue weighted by atomic mass is 10.2. The number of primary sulfonamides is 1. The maximum atomic E-state index is 13.4. The first-order valence-corrected chi connectivity index (χ1v) is 10.6. The van der Waals surface area contributed by atoms with Gasteiger partial charge in [-0.15, -0.1) is 0 Å². The molecule has 0 unspecified atom stereocenters. The number of thiocarbonyl (C=S) groups is 1. The van der Waals surface area contributed by atoms with E-state index in [9.17, 15) is 12.8 Å². The molecule has 0 saturated carbocycles. The van der Waals surface area contributed by atoms with Gasteiger partial charge in [0.05, 0.1) is 28.5 Å². The standard InChI is InChI=1S/C19H20FN5O2S2/c1-12-18(13(2)25(24-12)11-14-4-3-5-15(20)10-14)23-19(28)22-16-6-8-17(9-7-16)29(21,26)27/h3-10H,11H2,1-2H3,(H2,21,26,27)(H2,22,23,28). The summed E-state index contributed by atoms with van der Waals surface area (Å²) in [5, 5.41) is 16.0. The summed E-state index contributed by atoms with van der Waals surface area (Å²) < 4.78 is 37.8. The van der Waals surface area contributed by atoms with Gasteiger partial charge in [0.25, 0.3) is 0 Å². The molecule has 29 heavy (non-hydrogen) atoms.